The molecule has 8 aromatic heterocycles. The first-order valence-corrected chi connectivity index (χ1v) is 39.4. The second kappa shape index (κ2) is 43.9. The predicted octanol–water partition coefficient (Wildman–Crippen LogP) is -0.299. The maximum atomic E-state index is 11.5. The molecule has 8 aliphatic rings. The van der Waals surface area contributed by atoms with Gasteiger partial charge in [-0.05, 0) is 113 Å². The van der Waals surface area contributed by atoms with Gasteiger partial charge in [-0.15, -0.1) is 10.2 Å². The molecule has 640 valence electrons. The minimum absolute atomic E-state index is 0. The number of hydrogen-bond donors (Lipinski definition) is 8. The maximum absolute atomic E-state index is 11.5. The first-order valence-electron chi connectivity index (χ1n) is 39.4. The quantitative estimate of drug-likeness (QED) is 0.0968. The van der Waals surface area contributed by atoms with Crippen molar-refractivity contribution in [1.29, 1.82) is 0 Å². The van der Waals surface area contributed by atoms with Gasteiger partial charge in [0.1, 0.15) is 46.1 Å². The average Bonchev–Trinajstić information content (AvgIpc) is 1.68. The molecule has 0 spiro atoms. The van der Waals surface area contributed by atoms with Gasteiger partial charge in [0.2, 0.25) is 11.6 Å². The molecular formula is C77H124N32O8. The third-order valence-electron chi connectivity index (χ3n) is 20.5. The molecule has 8 aromatic rings. The van der Waals surface area contributed by atoms with Crippen molar-refractivity contribution >= 4 is 47.3 Å². The van der Waals surface area contributed by atoms with Crippen LogP contribution in [0.3, 0.4) is 0 Å². The van der Waals surface area contributed by atoms with E-state index in [-0.39, 0.29) is 66.3 Å². The van der Waals surface area contributed by atoms with Crippen LogP contribution in [0.25, 0.3) is 0 Å². The van der Waals surface area contributed by atoms with Gasteiger partial charge in [-0.3, -0.25) is 77.1 Å². The van der Waals surface area contributed by atoms with Crippen LogP contribution in [-0.4, -0.2) is 329 Å². The van der Waals surface area contributed by atoms with E-state index in [1.807, 2.05) is 81.8 Å². The molecule has 0 aromatic carbocycles. The Hall–Kier alpha value is -10.9. The Balaban J connectivity index is 0.000000167. The largest absolute Gasteiger partial charge is 0.355 e. The zero-order valence-corrected chi connectivity index (χ0v) is 70.4. The molecule has 0 bridgehead atoms. The number of nitrogens with one attached hydrogen (secondary N) is 8. The summed E-state index contributed by atoms with van der Waals surface area (Å²) in [6.07, 6.45) is 11.9. The lowest BCUT2D eigenvalue weighted by Crippen LogP contribution is -2.30. The van der Waals surface area contributed by atoms with E-state index in [1.54, 1.807) is 61.1 Å². The highest BCUT2D eigenvalue weighted by atomic mass is 16.2. The van der Waals surface area contributed by atoms with Crippen molar-refractivity contribution in [3.05, 3.63) is 141 Å². The Bertz CT molecular complexity index is 4060. The molecule has 0 saturated heterocycles. The molecule has 0 atom stereocenters. The summed E-state index contributed by atoms with van der Waals surface area (Å²) in [7, 11) is 29.5. The first kappa shape index (κ1) is 91.6. The predicted molar refractivity (Wildman–Crippen MR) is 441 cm³/mol. The SMILES string of the molecule is C.CNC(=O)c1cc2n(c1)CCCN(C)C2.CNC(=O)c1cc2n(c1)CCN(C)C2.CNC(=O)c1cc2n(n1)CCCN(C)C2.CNC(=O)c1cc2n(n1)CCN(C)C2.CNC(=O)c1cn2c(n1)CN(C)CC2.CNC(=O)c1cn2c(n1)CN(C)CCC2.CNC(=O)c1nc2n(n1)CCCN(C)C2.CNC(=O)c1nc2n(n1)CCN(C)C2. The van der Waals surface area contributed by atoms with E-state index < -0.39 is 0 Å². The van der Waals surface area contributed by atoms with Gasteiger partial charge in [0.15, 0.2) is 0 Å². The fourth-order valence-electron chi connectivity index (χ4n) is 13.9. The van der Waals surface area contributed by atoms with Crippen LogP contribution in [0, 0.1) is 0 Å². The van der Waals surface area contributed by atoms with Crippen molar-refractivity contribution in [2.24, 2.45) is 0 Å². The fraction of sp³-hybridized carbons (Fsp3) is 0.584. The summed E-state index contributed by atoms with van der Waals surface area (Å²) in [4.78, 5) is 126. The Labute approximate surface area is 685 Å². The summed E-state index contributed by atoms with van der Waals surface area (Å²) in [5, 5.41) is 37.5. The Morgan fingerprint density at radius 2 is 0.547 bits per heavy atom. The lowest BCUT2D eigenvalue weighted by atomic mass is 10.3. The minimum Gasteiger partial charge on any atom is -0.355 e. The molecule has 40 heteroatoms. The van der Waals surface area contributed by atoms with Crippen LogP contribution in [0.15, 0.2) is 49.1 Å². The second-order valence-electron chi connectivity index (χ2n) is 29.9. The zero-order valence-electron chi connectivity index (χ0n) is 70.4. The van der Waals surface area contributed by atoms with Crippen LogP contribution < -0.4 is 42.5 Å². The number of nitrogens with zero attached hydrogens (tertiary/aromatic N) is 24. The van der Waals surface area contributed by atoms with Crippen LogP contribution in [0.4, 0.5) is 0 Å². The molecule has 40 nitrogen and oxygen atoms in total. The standard InChI is InChI=1S/C11H17N3O.2C10H16N4O.C10H15N3O.C9H15N5O.2C9H14N4O.C8H13N5O.CH4/c1-12-11(15)9-6-10-8-13(2)4-3-5-14(10)7-9;1-11-10(15)8-6-14-5-3-4-13(2)7-9(14)12-8;1-11-10(15)9-6-8-7-13(2)4-3-5-14(8)12-9;1-11-10(14)8-5-9-7-12(2)3-4-13(9)6-8;1-10-9(15)8-11-7-6-13(2)4-3-5-14(7)12-8;1-10-9(14)7-5-13-4-3-12(2)6-8(13)11-7;1-10-9(14)8-5-7-6-12(2)3-4-13(7)11-8;1-9-8(14)7-10-6-5-12(2)3-4-13(6)11-7;/h6-7H,3-5,8H2,1-2H3,(H,12,15);2*6H,3-5,7H2,1-2H3,(H,11,15);5-6H,3-4,7H2,1-2H3,(H,11,14);3-6H2,1-2H3,(H,10,15);2*5H,3-4,6H2,1-2H3,(H,10,14);3-5H2,1-2H3,(H,9,14);1H4. The average molecular weight is 1630 g/mol. The number of amides is 8. The van der Waals surface area contributed by atoms with E-state index in [0.29, 0.717) is 22.8 Å². The highest BCUT2D eigenvalue weighted by Crippen LogP contribution is 2.20. The monoisotopic (exact) mass is 1630 g/mol. The number of rotatable bonds is 8. The Morgan fingerprint density at radius 3 is 0.966 bits per heavy atom. The van der Waals surface area contributed by atoms with Crippen molar-refractivity contribution in [2.45, 2.75) is 138 Å². The van der Waals surface area contributed by atoms with E-state index in [9.17, 15) is 38.4 Å². The number of carbonyl (C=O) groups excluding carboxylic acids is 8. The summed E-state index contributed by atoms with van der Waals surface area (Å²) < 4.78 is 15.9. The summed E-state index contributed by atoms with van der Waals surface area (Å²) >= 11 is 0. The topological polar surface area (TPSA) is 401 Å². The highest BCUT2D eigenvalue weighted by molar-refractivity contribution is 5.96. The van der Waals surface area contributed by atoms with Gasteiger partial charge < -0.3 is 70.6 Å². The smallest absolute Gasteiger partial charge is 0.290 e. The van der Waals surface area contributed by atoms with Crippen molar-refractivity contribution < 1.29 is 38.4 Å². The van der Waals surface area contributed by atoms with Crippen LogP contribution >= 0.6 is 0 Å². The normalized spacial score (nSPS) is 16.5. The van der Waals surface area contributed by atoms with E-state index >= 15 is 0 Å². The molecule has 0 unspecified atom stereocenters. The van der Waals surface area contributed by atoms with Crippen LogP contribution in [-0.2, 0) is 105 Å². The van der Waals surface area contributed by atoms with Crippen molar-refractivity contribution in [2.75, 3.05) is 165 Å². The first-order chi connectivity index (χ1) is 55.6. The number of likely N-dealkylation sites (N-methyl/N-ethyl adjacent to an activating group) is 4. The van der Waals surface area contributed by atoms with Crippen LogP contribution in [0.2, 0.25) is 0 Å². The number of carbonyl (C=O) groups is 8. The maximum Gasteiger partial charge on any atom is 0.290 e. The third kappa shape index (κ3) is 25.6. The lowest BCUT2D eigenvalue weighted by molar-refractivity contribution is 0.0944. The van der Waals surface area contributed by atoms with Gasteiger partial charge in [0, 0.05) is 204 Å². The van der Waals surface area contributed by atoms with E-state index in [0.717, 1.165) is 229 Å². The Kier molecular flexibility index (Phi) is 34.4. The molecule has 8 aliphatic heterocycles. The lowest BCUT2D eigenvalue weighted by Gasteiger charge is -2.24. The molecule has 0 fully saturated rings. The van der Waals surface area contributed by atoms with Gasteiger partial charge in [-0.1, -0.05) is 7.43 Å². The fourth-order valence-corrected chi connectivity index (χ4v) is 13.9. The van der Waals surface area contributed by atoms with Gasteiger partial charge in [-0.2, -0.15) is 10.2 Å². The van der Waals surface area contributed by atoms with Crippen molar-refractivity contribution in [1.82, 2.24) is 159 Å². The van der Waals surface area contributed by atoms with E-state index in [4.69, 9.17) is 0 Å². The zero-order chi connectivity index (χ0) is 83.9. The second-order valence-corrected chi connectivity index (χ2v) is 29.9. The van der Waals surface area contributed by atoms with Gasteiger partial charge in [0.25, 0.3) is 47.3 Å². The number of fused-ring (bicyclic) bond motifs is 8. The summed E-state index contributed by atoms with van der Waals surface area (Å²) in [6.45, 7) is 22.3. The van der Waals surface area contributed by atoms with Crippen molar-refractivity contribution in [3.8, 4) is 0 Å². The molecule has 8 amide bonds. The molecular weight excluding hydrogens is 1500 g/mol. The number of imidazole rings is 2. The molecule has 117 heavy (non-hydrogen) atoms. The van der Waals surface area contributed by atoms with Gasteiger partial charge in [-0.25, -0.2) is 29.3 Å². The number of hydrogen-bond acceptors (Lipinski definition) is 24. The molecule has 8 N–H and O–H groups in total. The summed E-state index contributed by atoms with van der Waals surface area (Å²) in [6, 6.07) is 7.68. The molecule has 0 saturated carbocycles. The molecule has 16 heterocycles. The van der Waals surface area contributed by atoms with Gasteiger partial charge >= 0.3 is 0 Å². The van der Waals surface area contributed by atoms with Crippen LogP contribution in [0.5, 0.6) is 0 Å². The Morgan fingerprint density at radius 1 is 0.256 bits per heavy atom. The highest BCUT2D eigenvalue weighted by Gasteiger charge is 2.26. The molecule has 0 radical (unpaired) electrons. The number of aromatic nitrogens is 16. The number of aryl methyl sites for hydroxylation is 4. The van der Waals surface area contributed by atoms with E-state index in [1.165, 1.54) is 11.4 Å². The minimum atomic E-state index is -0.227. The third-order valence-corrected chi connectivity index (χ3v) is 20.5. The van der Waals surface area contributed by atoms with Gasteiger partial charge in [0.05, 0.1) is 61.8 Å². The summed E-state index contributed by atoms with van der Waals surface area (Å²) in [5.41, 5.74) is 8.26. The molecule has 0 aliphatic carbocycles. The van der Waals surface area contributed by atoms with Crippen molar-refractivity contribution in [3.63, 3.8) is 0 Å². The van der Waals surface area contributed by atoms with Crippen LogP contribution in [0.1, 0.15) is 163 Å². The molecule has 16 rings (SSSR count). The van der Waals surface area contributed by atoms with E-state index in [2.05, 4.69) is 178 Å². The summed E-state index contributed by atoms with van der Waals surface area (Å²) in [5.74, 6) is 3.29.